The topological polar surface area (TPSA) is 70.6 Å². The van der Waals surface area contributed by atoms with Crippen LogP contribution in [0.25, 0.3) is 10.6 Å². The maximum absolute atomic E-state index is 12.6. The number of nitrogens with zero attached hydrogens (tertiary/aromatic N) is 3. The summed E-state index contributed by atoms with van der Waals surface area (Å²) in [6.07, 6.45) is -3.09. The van der Waals surface area contributed by atoms with Crippen molar-refractivity contribution in [2.45, 2.75) is 12.7 Å². The Morgan fingerprint density at radius 3 is 2.30 bits per heavy atom. The van der Waals surface area contributed by atoms with Gasteiger partial charge in [-0.2, -0.15) is 13.2 Å². The third-order valence-corrected chi connectivity index (χ3v) is 4.72. The third kappa shape index (κ3) is 3.61. The molecular weight excluding hydrogens is 383 g/mol. The van der Waals surface area contributed by atoms with Crippen LogP contribution >= 0.6 is 11.3 Å². The van der Waals surface area contributed by atoms with Crippen LogP contribution in [0.2, 0.25) is 0 Å². The normalized spacial score (nSPS) is 15.0. The lowest BCUT2D eigenvalue weighted by molar-refractivity contribution is -0.143. The van der Waals surface area contributed by atoms with Crippen LogP contribution in [0, 0.1) is 0 Å². The Balaban J connectivity index is 1.77. The van der Waals surface area contributed by atoms with E-state index in [1.54, 1.807) is 5.38 Å². The van der Waals surface area contributed by atoms with E-state index in [0.29, 0.717) is 16.3 Å². The van der Waals surface area contributed by atoms with E-state index in [1.165, 1.54) is 18.2 Å². The molecule has 4 amide bonds. The molecule has 0 radical (unpaired) electrons. The molecule has 0 spiro atoms. The van der Waals surface area contributed by atoms with Gasteiger partial charge in [-0.3, -0.25) is 14.5 Å². The molecule has 0 unspecified atom stereocenters. The zero-order valence-corrected chi connectivity index (χ0v) is 14.5. The monoisotopic (exact) mass is 395 g/mol. The fourth-order valence-corrected chi connectivity index (χ4v) is 3.27. The molecule has 1 aliphatic heterocycles. The molecule has 10 heteroatoms. The molecule has 1 saturated heterocycles. The molecule has 2 heterocycles. The number of carbonyl (C=O) groups excluding carboxylic acids is 3. The summed E-state index contributed by atoms with van der Waals surface area (Å²) in [4.78, 5) is 41.7. The van der Waals surface area contributed by atoms with Gasteiger partial charge in [0.2, 0.25) is 0 Å². The van der Waals surface area contributed by atoms with Gasteiger partial charge >= 0.3 is 24.0 Å². The van der Waals surface area contributed by atoms with Crippen LogP contribution in [0.3, 0.4) is 0 Å². The number of aromatic nitrogens is 1. The third-order valence-electron chi connectivity index (χ3n) is 3.78. The highest BCUT2D eigenvalue weighted by Crippen LogP contribution is 2.32. The van der Waals surface area contributed by atoms with Gasteiger partial charge in [-0.1, -0.05) is 18.2 Å². The predicted octanol–water partition coefficient (Wildman–Crippen LogP) is 3.31. The quantitative estimate of drug-likeness (QED) is 0.443. The summed E-state index contributed by atoms with van der Waals surface area (Å²) < 4.78 is 37.9. The molecule has 6 nitrogen and oxygen atoms in total. The number of benzene rings is 1. The molecule has 1 aliphatic rings. The number of amides is 4. The first-order valence-electron chi connectivity index (χ1n) is 7.62. The minimum absolute atomic E-state index is 0.0756. The fourth-order valence-electron chi connectivity index (χ4n) is 2.46. The maximum atomic E-state index is 12.6. The molecule has 1 aromatic heterocycles. The zero-order valence-electron chi connectivity index (χ0n) is 13.7. The second-order valence-corrected chi connectivity index (χ2v) is 6.46. The summed E-state index contributed by atoms with van der Waals surface area (Å²) >= 11 is 1.16. The highest BCUT2D eigenvalue weighted by Gasteiger charge is 2.44. The standard InChI is InChI=1S/C17H12F3N3O3S/c1-2-7-22-14(24)15(25)23(16(22)26)8-12-9-27-13(21-12)10-3-5-11(6-4-10)17(18,19)20/h2-6,9H,1,7-8H2. The van der Waals surface area contributed by atoms with E-state index >= 15 is 0 Å². The number of rotatable bonds is 5. The van der Waals surface area contributed by atoms with Crippen molar-refractivity contribution in [2.75, 3.05) is 6.54 Å². The summed E-state index contributed by atoms with van der Waals surface area (Å²) in [6, 6.07) is 3.75. The first kappa shape index (κ1) is 18.8. The number of carbonyl (C=O) groups is 3. The van der Waals surface area contributed by atoms with Gasteiger partial charge in [-0.25, -0.2) is 14.7 Å². The first-order valence-corrected chi connectivity index (χ1v) is 8.50. The molecule has 0 N–H and O–H groups in total. The first-order chi connectivity index (χ1) is 12.7. The van der Waals surface area contributed by atoms with Gasteiger partial charge in [-0.15, -0.1) is 17.9 Å². The molecule has 0 aliphatic carbocycles. The summed E-state index contributed by atoms with van der Waals surface area (Å²) in [5.74, 6) is -1.89. The molecule has 0 atom stereocenters. The van der Waals surface area contributed by atoms with E-state index in [1.807, 2.05) is 0 Å². The van der Waals surface area contributed by atoms with Crippen LogP contribution in [0.5, 0.6) is 0 Å². The van der Waals surface area contributed by atoms with Crippen molar-refractivity contribution in [1.29, 1.82) is 0 Å². The number of urea groups is 1. The van der Waals surface area contributed by atoms with Crippen LogP contribution in [0.4, 0.5) is 18.0 Å². The van der Waals surface area contributed by atoms with Gasteiger partial charge < -0.3 is 0 Å². The average molecular weight is 395 g/mol. The van der Waals surface area contributed by atoms with E-state index in [2.05, 4.69) is 11.6 Å². The lowest BCUT2D eigenvalue weighted by Crippen LogP contribution is -2.33. The molecule has 140 valence electrons. The van der Waals surface area contributed by atoms with E-state index < -0.39 is 29.6 Å². The lowest BCUT2D eigenvalue weighted by atomic mass is 10.1. The smallest absolute Gasteiger partial charge is 0.263 e. The molecule has 1 aromatic carbocycles. The Morgan fingerprint density at radius 1 is 1.07 bits per heavy atom. The van der Waals surface area contributed by atoms with Crippen molar-refractivity contribution >= 4 is 29.2 Å². The minimum atomic E-state index is -4.42. The second-order valence-electron chi connectivity index (χ2n) is 5.60. The van der Waals surface area contributed by atoms with Gasteiger partial charge in [-0.05, 0) is 12.1 Å². The Kier molecular flexibility index (Phi) is 4.83. The van der Waals surface area contributed by atoms with Gasteiger partial charge in [0.15, 0.2) is 0 Å². The largest absolute Gasteiger partial charge is 0.416 e. The Morgan fingerprint density at radius 2 is 1.70 bits per heavy atom. The summed E-state index contributed by atoms with van der Waals surface area (Å²) in [6.45, 7) is 3.15. The van der Waals surface area contributed by atoms with Crippen molar-refractivity contribution in [3.63, 3.8) is 0 Å². The van der Waals surface area contributed by atoms with Crippen LogP contribution in [0.1, 0.15) is 11.3 Å². The Labute approximate surface area is 155 Å². The molecule has 0 saturated carbocycles. The molecule has 3 rings (SSSR count). The van der Waals surface area contributed by atoms with E-state index in [-0.39, 0.29) is 13.1 Å². The van der Waals surface area contributed by atoms with Crippen molar-refractivity contribution in [3.05, 3.63) is 53.6 Å². The van der Waals surface area contributed by atoms with Gasteiger partial charge in [0, 0.05) is 17.5 Å². The van der Waals surface area contributed by atoms with Gasteiger partial charge in [0.1, 0.15) is 5.01 Å². The SMILES string of the molecule is C=CCN1C(=O)C(=O)N(Cc2csc(-c3ccc(C(F)(F)F)cc3)n2)C1=O. The number of hydrogen-bond donors (Lipinski definition) is 0. The molecule has 2 aromatic rings. The summed E-state index contributed by atoms with van der Waals surface area (Å²) in [5.41, 5.74) is 0.0599. The lowest BCUT2D eigenvalue weighted by Gasteiger charge is -2.12. The highest BCUT2D eigenvalue weighted by molar-refractivity contribution is 7.13. The van der Waals surface area contributed by atoms with Crippen molar-refractivity contribution in [1.82, 2.24) is 14.8 Å². The molecule has 1 fully saturated rings. The highest BCUT2D eigenvalue weighted by atomic mass is 32.1. The molecular formula is C17H12F3N3O3S. The van der Waals surface area contributed by atoms with Crippen molar-refractivity contribution < 1.29 is 27.6 Å². The number of alkyl halides is 3. The Hall–Kier alpha value is -3.01. The minimum Gasteiger partial charge on any atom is -0.263 e. The van der Waals surface area contributed by atoms with Crippen molar-refractivity contribution in [2.24, 2.45) is 0 Å². The number of thiazole rings is 1. The zero-order chi connectivity index (χ0) is 19.8. The van der Waals surface area contributed by atoms with Gasteiger partial charge in [0.25, 0.3) is 0 Å². The summed E-state index contributed by atoms with van der Waals surface area (Å²) in [5, 5.41) is 2.01. The van der Waals surface area contributed by atoms with Crippen LogP contribution < -0.4 is 0 Å². The van der Waals surface area contributed by atoms with Crippen LogP contribution in [0.15, 0.2) is 42.3 Å². The van der Waals surface area contributed by atoms with Crippen LogP contribution in [-0.2, 0) is 22.3 Å². The van der Waals surface area contributed by atoms with E-state index in [4.69, 9.17) is 0 Å². The van der Waals surface area contributed by atoms with Gasteiger partial charge in [0.05, 0.1) is 17.8 Å². The predicted molar refractivity (Wildman–Crippen MR) is 90.4 cm³/mol. The fraction of sp³-hybridized carbons (Fsp3) is 0.176. The van der Waals surface area contributed by atoms with E-state index in [0.717, 1.165) is 33.3 Å². The molecule has 27 heavy (non-hydrogen) atoms. The number of hydrogen-bond acceptors (Lipinski definition) is 5. The number of halogens is 3. The maximum Gasteiger partial charge on any atom is 0.416 e. The number of imide groups is 2. The second kappa shape index (κ2) is 6.95. The Bertz CT molecular complexity index is 921. The molecule has 0 bridgehead atoms. The van der Waals surface area contributed by atoms with Crippen molar-refractivity contribution in [3.8, 4) is 10.6 Å². The average Bonchev–Trinajstić information content (AvgIpc) is 3.17. The summed E-state index contributed by atoms with van der Waals surface area (Å²) in [7, 11) is 0. The van der Waals surface area contributed by atoms with E-state index in [9.17, 15) is 27.6 Å². The van der Waals surface area contributed by atoms with Crippen LogP contribution in [-0.4, -0.2) is 39.2 Å².